The predicted molar refractivity (Wildman–Crippen MR) is 80.4 cm³/mol. The van der Waals surface area contributed by atoms with Crippen LogP contribution in [-0.4, -0.2) is 19.1 Å². The van der Waals surface area contributed by atoms with Gasteiger partial charge in [0.2, 0.25) is 0 Å². The smallest absolute Gasteiger partial charge is 0.137 e. The first-order chi connectivity index (χ1) is 9.13. The molecule has 2 aromatic rings. The van der Waals surface area contributed by atoms with Gasteiger partial charge in [-0.05, 0) is 31.7 Å². The lowest BCUT2D eigenvalue weighted by Gasteiger charge is -2.17. The molecule has 0 saturated heterocycles. The van der Waals surface area contributed by atoms with Crippen LogP contribution in [-0.2, 0) is 6.42 Å². The second-order valence-electron chi connectivity index (χ2n) is 4.30. The normalized spacial score (nSPS) is 12.4. The minimum atomic E-state index is 0.202. The van der Waals surface area contributed by atoms with Crippen LogP contribution < -0.4 is 10.1 Å². The lowest BCUT2D eigenvalue weighted by Crippen LogP contribution is -2.19. The van der Waals surface area contributed by atoms with E-state index in [2.05, 4.69) is 15.7 Å². The molecule has 0 amide bonds. The summed E-state index contributed by atoms with van der Waals surface area (Å²) in [4.78, 5) is 4.51. The van der Waals surface area contributed by atoms with Crippen LogP contribution >= 0.6 is 22.9 Å². The zero-order chi connectivity index (χ0) is 13.8. The summed E-state index contributed by atoms with van der Waals surface area (Å²) in [6.45, 7) is 2.02. The monoisotopic (exact) mass is 296 g/mol. The Bertz CT molecular complexity index is 556. The fraction of sp³-hybridized carbons (Fsp3) is 0.357. The van der Waals surface area contributed by atoms with Gasteiger partial charge in [-0.2, -0.15) is 0 Å². The number of aromatic nitrogens is 1. The zero-order valence-electron chi connectivity index (χ0n) is 11.2. The van der Waals surface area contributed by atoms with Crippen molar-refractivity contribution in [2.75, 3.05) is 14.2 Å². The number of aryl methyl sites for hydroxylation is 1. The molecule has 102 valence electrons. The van der Waals surface area contributed by atoms with Crippen molar-refractivity contribution in [3.05, 3.63) is 44.9 Å². The van der Waals surface area contributed by atoms with E-state index >= 15 is 0 Å². The molecule has 0 aliphatic carbocycles. The van der Waals surface area contributed by atoms with Crippen molar-refractivity contribution in [2.45, 2.75) is 19.4 Å². The molecule has 1 unspecified atom stereocenters. The molecular formula is C14H17ClN2OS. The third kappa shape index (κ3) is 3.47. The summed E-state index contributed by atoms with van der Waals surface area (Å²) in [5.41, 5.74) is 2.25. The van der Waals surface area contributed by atoms with Crippen molar-refractivity contribution in [2.24, 2.45) is 0 Å². The van der Waals surface area contributed by atoms with Gasteiger partial charge in [0.05, 0.1) is 22.8 Å². The molecule has 0 fully saturated rings. The molecule has 19 heavy (non-hydrogen) atoms. The molecule has 0 radical (unpaired) electrons. The van der Waals surface area contributed by atoms with Crippen molar-refractivity contribution in [1.82, 2.24) is 10.3 Å². The van der Waals surface area contributed by atoms with Crippen LogP contribution in [0.5, 0.6) is 5.75 Å². The number of nitrogens with zero attached hydrogens (tertiary/aromatic N) is 1. The van der Waals surface area contributed by atoms with Crippen LogP contribution in [0.3, 0.4) is 0 Å². The molecular weight excluding hydrogens is 280 g/mol. The first-order valence-corrected chi connectivity index (χ1v) is 7.31. The van der Waals surface area contributed by atoms with Crippen LogP contribution in [0.2, 0.25) is 5.02 Å². The van der Waals surface area contributed by atoms with Gasteiger partial charge in [-0.3, -0.25) is 0 Å². The van der Waals surface area contributed by atoms with E-state index in [1.54, 1.807) is 18.4 Å². The maximum absolute atomic E-state index is 6.05. The molecule has 1 heterocycles. The molecule has 0 bridgehead atoms. The number of halogens is 1. The summed E-state index contributed by atoms with van der Waals surface area (Å²) >= 11 is 7.73. The second-order valence-corrected chi connectivity index (χ2v) is 5.77. The summed E-state index contributed by atoms with van der Waals surface area (Å²) < 4.78 is 5.26. The predicted octanol–water partition coefficient (Wildman–Crippen LogP) is 3.62. The average molecular weight is 297 g/mol. The Morgan fingerprint density at radius 1 is 1.47 bits per heavy atom. The van der Waals surface area contributed by atoms with Gasteiger partial charge in [0.15, 0.2) is 0 Å². The van der Waals surface area contributed by atoms with Crippen LogP contribution in [0, 0.1) is 6.92 Å². The van der Waals surface area contributed by atoms with E-state index in [0.29, 0.717) is 10.8 Å². The molecule has 1 N–H and O–H groups in total. The molecule has 3 nitrogen and oxygen atoms in total. The fourth-order valence-corrected chi connectivity index (χ4v) is 2.81. The number of nitrogens with one attached hydrogen (secondary N) is 1. The molecule has 1 atom stereocenters. The number of benzene rings is 1. The Balaban J connectivity index is 2.21. The van der Waals surface area contributed by atoms with E-state index in [4.69, 9.17) is 16.3 Å². The highest BCUT2D eigenvalue weighted by Gasteiger charge is 2.14. The standard InChI is InChI=1S/C14H17ClN2OS/c1-9-17-11(8-19-9)7-13(16-2)10-4-5-12(15)14(6-10)18-3/h4-6,8,13,16H,7H2,1-3H3. The Morgan fingerprint density at radius 2 is 2.26 bits per heavy atom. The van der Waals surface area contributed by atoms with Crippen LogP contribution in [0.15, 0.2) is 23.6 Å². The van der Waals surface area contributed by atoms with Crippen LogP contribution in [0.4, 0.5) is 0 Å². The SMILES string of the molecule is CNC(Cc1csc(C)n1)c1ccc(Cl)c(OC)c1. The quantitative estimate of drug-likeness (QED) is 0.915. The van der Waals surface area contributed by atoms with Gasteiger partial charge in [-0.1, -0.05) is 17.7 Å². The Kier molecular flexibility index (Phi) is 4.80. The fourth-order valence-electron chi connectivity index (χ4n) is 1.99. The van der Waals surface area contributed by atoms with Gasteiger partial charge in [0, 0.05) is 17.8 Å². The topological polar surface area (TPSA) is 34.2 Å². The molecule has 0 aliphatic heterocycles. The molecule has 0 spiro atoms. The second kappa shape index (κ2) is 6.37. The molecule has 5 heteroatoms. The minimum Gasteiger partial charge on any atom is -0.495 e. The largest absolute Gasteiger partial charge is 0.495 e. The molecule has 0 aliphatic rings. The molecule has 2 rings (SSSR count). The first-order valence-electron chi connectivity index (χ1n) is 6.05. The summed E-state index contributed by atoms with van der Waals surface area (Å²) in [6, 6.07) is 6.06. The van der Waals surface area contributed by atoms with Gasteiger partial charge >= 0.3 is 0 Å². The van der Waals surface area contributed by atoms with Gasteiger partial charge in [0.1, 0.15) is 5.75 Å². The number of hydrogen-bond acceptors (Lipinski definition) is 4. The van der Waals surface area contributed by atoms with Crippen molar-refractivity contribution < 1.29 is 4.74 Å². The van der Waals surface area contributed by atoms with E-state index in [9.17, 15) is 0 Å². The van der Waals surface area contributed by atoms with Crippen molar-refractivity contribution in [1.29, 1.82) is 0 Å². The lowest BCUT2D eigenvalue weighted by atomic mass is 10.0. The lowest BCUT2D eigenvalue weighted by molar-refractivity contribution is 0.413. The summed E-state index contributed by atoms with van der Waals surface area (Å²) in [5, 5.41) is 7.14. The Morgan fingerprint density at radius 3 is 2.84 bits per heavy atom. The Labute approximate surface area is 122 Å². The maximum atomic E-state index is 6.05. The molecule has 1 aromatic carbocycles. The molecule has 0 saturated carbocycles. The average Bonchev–Trinajstić information content (AvgIpc) is 2.82. The van der Waals surface area contributed by atoms with E-state index in [1.165, 1.54) is 0 Å². The van der Waals surface area contributed by atoms with E-state index in [-0.39, 0.29) is 6.04 Å². The van der Waals surface area contributed by atoms with Gasteiger partial charge in [0.25, 0.3) is 0 Å². The number of ether oxygens (including phenoxy) is 1. The van der Waals surface area contributed by atoms with E-state index < -0.39 is 0 Å². The number of methoxy groups -OCH3 is 1. The number of likely N-dealkylation sites (N-methyl/N-ethyl adjacent to an activating group) is 1. The third-order valence-electron chi connectivity index (χ3n) is 3.01. The number of hydrogen-bond donors (Lipinski definition) is 1. The summed E-state index contributed by atoms with van der Waals surface area (Å²) in [7, 11) is 3.58. The summed E-state index contributed by atoms with van der Waals surface area (Å²) in [5.74, 6) is 0.703. The number of rotatable bonds is 5. The first kappa shape index (κ1) is 14.3. The van der Waals surface area contributed by atoms with Gasteiger partial charge in [-0.15, -0.1) is 11.3 Å². The van der Waals surface area contributed by atoms with Crippen molar-refractivity contribution in [3.8, 4) is 5.75 Å². The molecule has 1 aromatic heterocycles. The number of thiazole rings is 1. The summed E-state index contributed by atoms with van der Waals surface area (Å²) in [6.07, 6.45) is 0.853. The van der Waals surface area contributed by atoms with E-state index in [1.807, 2.05) is 32.2 Å². The highest BCUT2D eigenvalue weighted by Crippen LogP contribution is 2.29. The maximum Gasteiger partial charge on any atom is 0.137 e. The van der Waals surface area contributed by atoms with Crippen molar-refractivity contribution in [3.63, 3.8) is 0 Å². The van der Waals surface area contributed by atoms with Crippen LogP contribution in [0.1, 0.15) is 22.3 Å². The minimum absolute atomic E-state index is 0.202. The Hall–Kier alpha value is -1.10. The van der Waals surface area contributed by atoms with Crippen molar-refractivity contribution >= 4 is 22.9 Å². The van der Waals surface area contributed by atoms with E-state index in [0.717, 1.165) is 22.7 Å². The highest BCUT2D eigenvalue weighted by atomic mass is 35.5. The van der Waals surface area contributed by atoms with Gasteiger partial charge in [-0.25, -0.2) is 4.98 Å². The third-order valence-corrected chi connectivity index (χ3v) is 4.14. The highest BCUT2D eigenvalue weighted by molar-refractivity contribution is 7.09. The zero-order valence-corrected chi connectivity index (χ0v) is 12.8. The van der Waals surface area contributed by atoms with Crippen LogP contribution in [0.25, 0.3) is 0 Å². The van der Waals surface area contributed by atoms with Gasteiger partial charge < -0.3 is 10.1 Å².